The molecular weight excluding hydrogens is 382 g/mol. The van der Waals surface area contributed by atoms with Gasteiger partial charge in [-0.2, -0.15) is 5.10 Å². The summed E-state index contributed by atoms with van der Waals surface area (Å²) < 4.78 is 7.22. The number of fused-ring (bicyclic) bond motifs is 3. The molecule has 30 heavy (non-hydrogen) atoms. The van der Waals surface area contributed by atoms with Gasteiger partial charge in [-0.05, 0) is 29.2 Å². The Hall–Kier alpha value is -3.61. The molecule has 3 aromatic rings. The van der Waals surface area contributed by atoms with E-state index in [2.05, 4.69) is 22.5 Å². The van der Waals surface area contributed by atoms with Crippen LogP contribution in [-0.2, 0) is 16.1 Å². The number of carboxylic acids is 1. The lowest BCUT2D eigenvalue weighted by Crippen LogP contribution is -2.31. The number of alkyl carbamates (subject to hydrolysis) is 1. The van der Waals surface area contributed by atoms with E-state index in [1.807, 2.05) is 43.3 Å². The summed E-state index contributed by atoms with van der Waals surface area (Å²) >= 11 is 0. The molecule has 154 valence electrons. The van der Waals surface area contributed by atoms with Crippen LogP contribution in [0.2, 0.25) is 0 Å². The average Bonchev–Trinajstić information content (AvgIpc) is 3.35. The van der Waals surface area contributed by atoms with Gasteiger partial charge >= 0.3 is 12.1 Å². The number of carbonyl (C=O) groups excluding carboxylic acids is 1. The largest absolute Gasteiger partial charge is 0.481 e. The highest BCUT2D eigenvalue weighted by Gasteiger charge is 2.29. The van der Waals surface area contributed by atoms with Crippen molar-refractivity contribution in [3.05, 3.63) is 77.6 Å². The van der Waals surface area contributed by atoms with Crippen molar-refractivity contribution in [3.8, 4) is 11.1 Å². The molecule has 0 radical (unpaired) electrons. The number of rotatable bonds is 7. The van der Waals surface area contributed by atoms with Gasteiger partial charge in [0, 0.05) is 24.2 Å². The number of amides is 1. The number of aromatic nitrogens is 2. The molecule has 1 aromatic heterocycles. The van der Waals surface area contributed by atoms with Gasteiger partial charge in [-0.15, -0.1) is 0 Å². The summed E-state index contributed by atoms with van der Waals surface area (Å²) in [6.07, 6.45) is 2.41. The topological polar surface area (TPSA) is 93.5 Å². The Morgan fingerprint density at radius 3 is 2.33 bits per heavy atom. The second-order valence-electron chi connectivity index (χ2n) is 7.25. The maximum atomic E-state index is 12.5. The molecule has 1 unspecified atom stereocenters. The Bertz CT molecular complexity index is 1030. The molecule has 1 amide bonds. The van der Waals surface area contributed by atoms with Crippen molar-refractivity contribution in [2.24, 2.45) is 0 Å². The third kappa shape index (κ3) is 3.91. The first kappa shape index (κ1) is 19.7. The molecule has 1 aliphatic carbocycles. The van der Waals surface area contributed by atoms with Crippen LogP contribution in [-0.4, -0.2) is 33.6 Å². The fourth-order valence-corrected chi connectivity index (χ4v) is 3.94. The first-order chi connectivity index (χ1) is 14.6. The standard InChI is InChI=1S/C23H23N3O4/c1-2-26-13-15(12-24-26)21(11-22(27)28)25-23(29)30-14-20-18-9-5-3-7-16(18)17-8-4-6-10-19(17)20/h3-10,12-13,20-21H,2,11,14H2,1H3,(H,25,29)(H,27,28). The van der Waals surface area contributed by atoms with E-state index in [0.717, 1.165) is 22.3 Å². The van der Waals surface area contributed by atoms with E-state index in [1.54, 1.807) is 17.1 Å². The van der Waals surface area contributed by atoms with E-state index >= 15 is 0 Å². The predicted molar refractivity (Wildman–Crippen MR) is 111 cm³/mol. The minimum atomic E-state index is -1.01. The van der Waals surface area contributed by atoms with Gasteiger partial charge in [0.1, 0.15) is 6.61 Å². The summed E-state index contributed by atoms with van der Waals surface area (Å²) in [5, 5.41) is 16.1. The van der Waals surface area contributed by atoms with Crippen molar-refractivity contribution in [3.63, 3.8) is 0 Å². The summed E-state index contributed by atoms with van der Waals surface area (Å²) in [6.45, 7) is 2.76. The molecule has 0 aliphatic heterocycles. The molecule has 0 saturated carbocycles. The quantitative estimate of drug-likeness (QED) is 0.621. The molecule has 0 fully saturated rings. The summed E-state index contributed by atoms with van der Waals surface area (Å²) in [7, 11) is 0. The highest BCUT2D eigenvalue weighted by atomic mass is 16.5. The van der Waals surface area contributed by atoms with E-state index in [1.165, 1.54) is 0 Å². The number of nitrogens with zero attached hydrogens (tertiary/aromatic N) is 2. The molecule has 2 aromatic carbocycles. The van der Waals surface area contributed by atoms with Crippen LogP contribution in [0.3, 0.4) is 0 Å². The van der Waals surface area contributed by atoms with E-state index in [4.69, 9.17) is 4.74 Å². The highest BCUT2D eigenvalue weighted by Crippen LogP contribution is 2.44. The van der Waals surface area contributed by atoms with Gasteiger partial charge in [-0.25, -0.2) is 4.79 Å². The third-order valence-electron chi connectivity index (χ3n) is 5.39. The molecule has 0 spiro atoms. The normalized spacial score (nSPS) is 13.4. The summed E-state index contributed by atoms with van der Waals surface area (Å²) in [5.41, 5.74) is 5.18. The third-order valence-corrected chi connectivity index (χ3v) is 5.39. The van der Waals surface area contributed by atoms with Crippen LogP contribution < -0.4 is 5.32 Å². The van der Waals surface area contributed by atoms with Crippen molar-refractivity contribution in [2.75, 3.05) is 6.61 Å². The first-order valence-corrected chi connectivity index (χ1v) is 9.92. The molecule has 7 nitrogen and oxygen atoms in total. The fourth-order valence-electron chi connectivity index (χ4n) is 3.94. The molecule has 2 N–H and O–H groups in total. The number of nitrogens with one attached hydrogen (secondary N) is 1. The van der Waals surface area contributed by atoms with Gasteiger partial charge in [0.05, 0.1) is 18.7 Å². The van der Waals surface area contributed by atoms with E-state index in [-0.39, 0.29) is 18.9 Å². The maximum Gasteiger partial charge on any atom is 0.407 e. The summed E-state index contributed by atoms with van der Waals surface area (Å²) in [6, 6.07) is 15.5. The number of hydrogen-bond donors (Lipinski definition) is 2. The number of carboxylic acid groups (broad SMARTS) is 1. The average molecular weight is 405 g/mol. The van der Waals surface area contributed by atoms with Crippen LogP contribution in [0, 0.1) is 0 Å². The Labute approximate surface area is 174 Å². The Balaban J connectivity index is 1.47. The zero-order valence-corrected chi connectivity index (χ0v) is 16.6. The zero-order valence-electron chi connectivity index (χ0n) is 16.6. The molecule has 1 atom stereocenters. The zero-order chi connectivity index (χ0) is 21.1. The molecule has 1 aliphatic rings. The van der Waals surface area contributed by atoms with Crippen molar-refractivity contribution < 1.29 is 19.4 Å². The van der Waals surface area contributed by atoms with Gasteiger partial charge in [-0.3, -0.25) is 9.48 Å². The number of aliphatic carboxylic acids is 1. The van der Waals surface area contributed by atoms with Crippen LogP contribution in [0.15, 0.2) is 60.9 Å². The highest BCUT2D eigenvalue weighted by molar-refractivity contribution is 5.79. The van der Waals surface area contributed by atoms with Crippen LogP contribution >= 0.6 is 0 Å². The molecule has 7 heteroatoms. The monoisotopic (exact) mass is 405 g/mol. The molecule has 0 saturated heterocycles. The van der Waals surface area contributed by atoms with Gasteiger partial charge in [0.15, 0.2) is 0 Å². The van der Waals surface area contributed by atoms with Gasteiger partial charge in [0.25, 0.3) is 0 Å². The summed E-state index contributed by atoms with van der Waals surface area (Å²) in [5.74, 6) is -1.06. The van der Waals surface area contributed by atoms with Crippen LogP contribution in [0.1, 0.15) is 42.0 Å². The SMILES string of the molecule is CCn1cc(C(CC(=O)O)NC(=O)OCC2c3ccccc3-c3ccccc32)cn1. The predicted octanol–water partition coefficient (Wildman–Crippen LogP) is 3.96. The minimum Gasteiger partial charge on any atom is -0.481 e. The van der Waals surface area contributed by atoms with E-state index in [9.17, 15) is 14.7 Å². The summed E-state index contributed by atoms with van der Waals surface area (Å²) in [4.78, 5) is 23.8. The fraction of sp³-hybridized carbons (Fsp3) is 0.261. The van der Waals surface area contributed by atoms with Crippen molar-refractivity contribution in [2.45, 2.75) is 31.8 Å². The van der Waals surface area contributed by atoms with Crippen molar-refractivity contribution >= 4 is 12.1 Å². The Morgan fingerprint density at radius 1 is 1.13 bits per heavy atom. The van der Waals surface area contributed by atoms with E-state index in [0.29, 0.717) is 12.1 Å². The molecule has 4 rings (SSSR count). The number of carbonyl (C=O) groups is 2. The number of ether oxygens (including phenoxy) is 1. The lowest BCUT2D eigenvalue weighted by atomic mass is 9.98. The second-order valence-corrected chi connectivity index (χ2v) is 7.25. The number of benzene rings is 2. The first-order valence-electron chi connectivity index (χ1n) is 9.92. The van der Waals surface area contributed by atoms with E-state index < -0.39 is 18.1 Å². The van der Waals surface area contributed by atoms with Gasteiger partial charge in [-0.1, -0.05) is 48.5 Å². The van der Waals surface area contributed by atoms with Gasteiger partial charge < -0.3 is 15.2 Å². The minimum absolute atomic E-state index is 0.0519. The van der Waals surface area contributed by atoms with Crippen molar-refractivity contribution in [1.82, 2.24) is 15.1 Å². The number of hydrogen-bond acceptors (Lipinski definition) is 4. The maximum absolute atomic E-state index is 12.5. The molecular formula is C23H23N3O4. The number of aryl methyl sites for hydroxylation is 1. The smallest absolute Gasteiger partial charge is 0.407 e. The van der Waals surface area contributed by atoms with Crippen molar-refractivity contribution in [1.29, 1.82) is 0 Å². The molecule has 1 heterocycles. The van der Waals surface area contributed by atoms with Gasteiger partial charge in [0.2, 0.25) is 0 Å². The Kier molecular flexibility index (Phi) is 5.52. The molecule has 0 bridgehead atoms. The Morgan fingerprint density at radius 2 is 1.77 bits per heavy atom. The lowest BCUT2D eigenvalue weighted by Gasteiger charge is -2.18. The van der Waals surface area contributed by atoms with Crippen LogP contribution in [0.5, 0.6) is 0 Å². The van der Waals surface area contributed by atoms with Crippen LogP contribution in [0.25, 0.3) is 11.1 Å². The van der Waals surface area contributed by atoms with Crippen LogP contribution in [0.4, 0.5) is 4.79 Å². The lowest BCUT2D eigenvalue weighted by molar-refractivity contribution is -0.137. The second kappa shape index (κ2) is 8.41.